The molecule has 1 fully saturated rings. The van der Waals surface area contributed by atoms with Crippen molar-refractivity contribution in [3.8, 4) is 5.75 Å². The van der Waals surface area contributed by atoms with Gasteiger partial charge in [-0.15, -0.1) is 0 Å². The summed E-state index contributed by atoms with van der Waals surface area (Å²) in [5, 5.41) is 7.04. The molecule has 0 saturated heterocycles. The molecule has 0 aromatic carbocycles. The number of nitrogens with zero attached hydrogens (tertiary/aromatic N) is 2. The van der Waals surface area contributed by atoms with Gasteiger partial charge in [-0.2, -0.15) is 5.10 Å². The number of hydrogen-bond acceptors (Lipinski definition) is 4. The molecule has 1 heterocycles. The second-order valence-electron chi connectivity index (χ2n) is 5.22. The molecule has 2 rings (SSSR count). The summed E-state index contributed by atoms with van der Waals surface area (Å²) in [6.07, 6.45) is 2.36. The minimum absolute atomic E-state index is 0.00472. The fourth-order valence-electron chi connectivity index (χ4n) is 2.07. The van der Waals surface area contributed by atoms with Crippen LogP contribution in [0.15, 0.2) is 0 Å². The van der Waals surface area contributed by atoms with E-state index in [9.17, 15) is 4.79 Å². The molecule has 0 bridgehead atoms. The van der Waals surface area contributed by atoms with Gasteiger partial charge in [0, 0.05) is 19.6 Å². The van der Waals surface area contributed by atoms with Crippen molar-refractivity contribution in [3.05, 3.63) is 11.4 Å². The van der Waals surface area contributed by atoms with Crippen molar-refractivity contribution in [3.63, 3.8) is 0 Å². The van der Waals surface area contributed by atoms with Gasteiger partial charge in [-0.05, 0) is 32.6 Å². The summed E-state index contributed by atoms with van der Waals surface area (Å²) in [5.41, 5.74) is 7.63. The molecule has 1 aromatic rings. The average molecular weight is 266 g/mol. The molecular weight excluding hydrogens is 244 g/mol. The Hall–Kier alpha value is -1.56. The van der Waals surface area contributed by atoms with Crippen molar-refractivity contribution in [2.24, 2.45) is 18.7 Å². The molecule has 0 spiro atoms. The Morgan fingerprint density at radius 1 is 1.58 bits per heavy atom. The first kappa shape index (κ1) is 13.9. The number of aromatic nitrogens is 2. The minimum Gasteiger partial charge on any atom is -0.480 e. The van der Waals surface area contributed by atoms with E-state index in [0.29, 0.717) is 18.2 Å². The van der Waals surface area contributed by atoms with Crippen molar-refractivity contribution < 1.29 is 9.53 Å². The molecule has 19 heavy (non-hydrogen) atoms. The van der Waals surface area contributed by atoms with Gasteiger partial charge in [-0.3, -0.25) is 9.48 Å². The Bertz CT molecular complexity index is 465. The largest absolute Gasteiger partial charge is 0.480 e. The van der Waals surface area contributed by atoms with E-state index in [1.807, 2.05) is 20.9 Å². The third-order valence-electron chi connectivity index (χ3n) is 3.55. The molecule has 106 valence electrons. The van der Waals surface area contributed by atoms with Crippen LogP contribution in [-0.4, -0.2) is 34.9 Å². The predicted octanol–water partition coefficient (Wildman–Crippen LogP) is 0.269. The molecule has 1 aromatic heterocycles. The van der Waals surface area contributed by atoms with Gasteiger partial charge in [0.05, 0.1) is 5.69 Å². The lowest BCUT2D eigenvalue weighted by molar-refractivity contribution is -0.123. The predicted molar refractivity (Wildman–Crippen MR) is 71.9 cm³/mol. The minimum atomic E-state index is -0.140. The summed E-state index contributed by atoms with van der Waals surface area (Å²) in [6.45, 7) is 4.31. The number of nitrogens with one attached hydrogen (secondary N) is 1. The summed E-state index contributed by atoms with van der Waals surface area (Å²) in [6, 6.07) is 0.0748. The van der Waals surface area contributed by atoms with Crippen molar-refractivity contribution in [1.29, 1.82) is 0 Å². The van der Waals surface area contributed by atoms with Gasteiger partial charge < -0.3 is 15.8 Å². The van der Waals surface area contributed by atoms with E-state index in [4.69, 9.17) is 10.5 Å². The number of nitrogens with two attached hydrogens (primary N) is 1. The standard InChI is InChI=1S/C13H22N4O2/c1-8-13(9(2)17(3)16-8)19-7-12(18)15-6-11(14)10-4-5-10/h10-11H,4-7,14H2,1-3H3,(H,15,18). The van der Waals surface area contributed by atoms with Crippen molar-refractivity contribution in [1.82, 2.24) is 15.1 Å². The van der Waals surface area contributed by atoms with Gasteiger partial charge in [0.15, 0.2) is 12.4 Å². The fraction of sp³-hybridized carbons (Fsp3) is 0.692. The molecule has 6 heteroatoms. The summed E-state index contributed by atoms with van der Waals surface area (Å²) in [5.74, 6) is 1.13. The maximum Gasteiger partial charge on any atom is 0.257 e. The van der Waals surface area contributed by atoms with Crippen LogP contribution in [0, 0.1) is 19.8 Å². The number of rotatable bonds is 6. The summed E-state index contributed by atoms with van der Waals surface area (Å²) in [4.78, 5) is 11.7. The van der Waals surface area contributed by atoms with Gasteiger partial charge in [-0.25, -0.2) is 0 Å². The third kappa shape index (κ3) is 3.47. The lowest BCUT2D eigenvalue weighted by Crippen LogP contribution is -2.40. The van der Waals surface area contributed by atoms with Gasteiger partial charge in [0.25, 0.3) is 5.91 Å². The van der Waals surface area contributed by atoms with Crippen LogP contribution in [0.1, 0.15) is 24.2 Å². The monoisotopic (exact) mass is 266 g/mol. The van der Waals surface area contributed by atoms with E-state index < -0.39 is 0 Å². The Balaban J connectivity index is 1.76. The number of carbonyl (C=O) groups excluding carboxylic acids is 1. The highest BCUT2D eigenvalue weighted by Crippen LogP contribution is 2.31. The van der Waals surface area contributed by atoms with Gasteiger partial charge in [-0.1, -0.05) is 0 Å². The zero-order valence-electron chi connectivity index (χ0n) is 11.8. The van der Waals surface area contributed by atoms with E-state index in [0.717, 1.165) is 11.4 Å². The molecule has 0 aliphatic heterocycles. The van der Waals surface area contributed by atoms with Crippen molar-refractivity contribution >= 4 is 5.91 Å². The van der Waals surface area contributed by atoms with Crippen molar-refractivity contribution in [2.75, 3.05) is 13.2 Å². The molecule has 1 aliphatic rings. The quantitative estimate of drug-likeness (QED) is 0.774. The van der Waals surface area contributed by atoms with Crippen molar-refractivity contribution in [2.45, 2.75) is 32.7 Å². The maximum atomic E-state index is 11.7. The molecule has 1 unspecified atom stereocenters. The van der Waals surface area contributed by atoms with Crippen LogP contribution < -0.4 is 15.8 Å². The summed E-state index contributed by atoms with van der Waals surface area (Å²) >= 11 is 0. The molecule has 1 amide bonds. The van der Waals surface area contributed by atoms with E-state index in [2.05, 4.69) is 10.4 Å². The molecule has 0 radical (unpaired) electrons. The van der Waals surface area contributed by atoms with Crippen LogP contribution in [0.2, 0.25) is 0 Å². The van der Waals surface area contributed by atoms with E-state index in [1.54, 1.807) is 4.68 Å². The van der Waals surface area contributed by atoms with Gasteiger partial charge >= 0.3 is 0 Å². The van der Waals surface area contributed by atoms with Gasteiger partial charge in [0.2, 0.25) is 0 Å². The zero-order chi connectivity index (χ0) is 14.0. The van der Waals surface area contributed by atoms with Crippen LogP contribution in [0.5, 0.6) is 5.75 Å². The number of hydrogen-bond donors (Lipinski definition) is 2. The topological polar surface area (TPSA) is 82.2 Å². The second-order valence-corrected chi connectivity index (χ2v) is 5.22. The van der Waals surface area contributed by atoms with Crippen LogP contribution in [0.25, 0.3) is 0 Å². The number of ether oxygens (including phenoxy) is 1. The first-order valence-electron chi connectivity index (χ1n) is 6.64. The fourth-order valence-corrected chi connectivity index (χ4v) is 2.07. The van der Waals surface area contributed by atoms with Crippen LogP contribution in [0.4, 0.5) is 0 Å². The van der Waals surface area contributed by atoms with E-state index >= 15 is 0 Å². The number of aryl methyl sites for hydroxylation is 2. The molecule has 6 nitrogen and oxygen atoms in total. The second kappa shape index (κ2) is 5.61. The average Bonchev–Trinajstić information content (AvgIpc) is 3.16. The van der Waals surface area contributed by atoms with E-state index in [1.165, 1.54) is 12.8 Å². The Morgan fingerprint density at radius 3 is 2.79 bits per heavy atom. The van der Waals surface area contributed by atoms with Crippen LogP contribution >= 0.6 is 0 Å². The van der Waals surface area contributed by atoms with Gasteiger partial charge in [0.1, 0.15) is 5.69 Å². The molecule has 1 saturated carbocycles. The lowest BCUT2D eigenvalue weighted by atomic mass is 10.2. The lowest BCUT2D eigenvalue weighted by Gasteiger charge is -2.12. The summed E-state index contributed by atoms with van der Waals surface area (Å²) < 4.78 is 7.26. The maximum absolute atomic E-state index is 11.7. The SMILES string of the molecule is Cc1nn(C)c(C)c1OCC(=O)NCC(N)C1CC1. The highest BCUT2D eigenvalue weighted by Gasteiger charge is 2.28. The summed E-state index contributed by atoms with van der Waals surface area (Å²) in [7, 11) is 1.85. The molecule has 1 aliphatic carbocycles. The molecular formula is C13H22N4O2. The van der Waals surface area contributed by atoms with Crippen LogP contribution in [-0.2, 0) is 11.8 Å². The molecule has 1 atom stereocenters. The van der Waals surface area contributed by atoms with E-state index in [-0.39, 0.29) is 18.6 Å². The first-order valence-corrected chi connectivity index (χ1v) is 6.64. The molecule has 3 N–H and O–H groups in total. The smallest absolute Gasteiger partial charge is 0.257 e. The normalized spacial score (nSPS) is 16.2. The number of carbonyl (C=O) groups is 1. The highest BCUT2D eigenvalue weighted by molar-refractivity contribution is 5.77. The Kier molecular flexibility index (Phi) is 4.09. The third-order valence-corrected chi connectivity index (χ3v) is 3.55. The zero-order valence-corrected chi connectivity index (χ0v) is 11.8. The number of amides is 1. The highest BCUT2D eigenvalue weighted by atomic mass is 16.5. The van der Waals surface area contributed by atoms with Crippen LogP contribution in [0.3, 0.4) is 0 Å². The Morgan fingerprint density at radius 2 is 2.26 bits per heavy atom. The first-order chi connectivity index (χ1) is 8.99. The Labute approximate surface area is 113 Å².